The van der Waals surface area contributed by atoms with Crippen molar-refractivity contribution in [3.8, 4) is 11.3 Å². The highest BCUT2D eigenvalue weighted by Gasteiger charge is 2.13. The molecule has 0 unspecified atom stereocenters. The van der Waals surface area contributed by atoms with Crippen molar-refractivity contribution in [1.29, 1.82) is 0 Å². The van der Waals surface area contributed by atoms with E-state index < -0.39 is 11.7 Å². The average molecular weight is 348 g/mol. The second-order valence-electron chi connectivity index (χ2n) is 5.53. The van der Waals surface area contributed by atoms with Crippen LogP contribution in [-0.4, -0.2) is 10.9 Å². The molecule has 0 atom stereocenters. The quantitative estimate of drug-likeness (QED) is 0.542. The second kappa shape index (κ2) is 6.45. The molecule has 4 aromatic rings. The highest BCUT2D eigenvalue weighted by Crippen LogP contribution is 2.28. The van der Waals surface area contributed by atoms with Crippen LogP contribution in [-0.2, 0) is 0 Å². The fraction of sp³-hybridized carbons (Fsp3) is 0. The molecule has 0 aliphatic carbocycles. The zero-order valence-electron chi connectivity index (χ0n) is 13.1. The number of hydrogen-bond acceptors (Lipinski definition) is 3. The van der Waals surface area contributed by atoms with Crippen LogP contribution in [0.3, 0.4) is 0 Å². The number of anilines is 1. The van der Waals surface area contributed by atoms with E-state index >= 15 is 0 Å². The van der Waals surface area contributed by atoms with Crippen molar-refractivity contribution >= 4 is 33.1 Å². The molecule has 1 N–H and O–H groups in total. The lowest BCUT2D eigenvalue weighted by molar-refractivity contribution is 0.102. The molecule has 1 amide bonds. The lowest BCUT2D eigenvalue weighted by atomic mass is 10.1. The normalized spacial score (nSPS) is 10.8. The third-order valence-corrected chi connectivity index (χ3v) is 4.65. The first-order valence-corrected chi connectivity index (χ1v) is 8.59. The van der Waals surface area contributed by atoms with E-state index in [1.807, 2.05) is 35.7 Å². The van der Waals surface area contributed by atoms with Gasteiger partial charge in [-0.3, -0.25) is 10.1 Å². The summed E-state index contributed by atoms with van der Waals surface area (Å²) >= 11 is 1.31. The maximum absolute atomic E-state index is 13.7. The molecule has 0 aliphatic rings. The SMILES string of the molecule is O=C(Nc1nc(-c2ccc3ccccc3c2)cs1)c1ccccc1F. The minimum absolute atomic E-state index is 0.00459. The van der Waals surface area contributed by atoms with Gasteiger partial charge in [-0.15, -0.1) is 11.3 Å². The summed E-state index contributed by atoms with van der Waals surface area (Å²) in [6, 6.07) is 20.1. The van der Waals surface area contributed by atoms with Gasteiger partial charge >= 0.3 is 0 Å². The van der Waals surface area contributed by atoms with Gasteiger partial charge in [-0.2, -0.15) is 0 Å². The smallest absolute Gasteiger partial charge is 0.260 e. The number of halogens is 1. The van der Waals surface area contributed by atoms with Crippen LogP contribution < -0.4 is 5.32 Å². The van der Waals surface area contributed by atoms with Crippen LogP contribution in [0.25, 0.3) is 22.0 Å². The summed E-state index contributed by atoms with van der Waals surface area (Å²) in [5, 5.41) is 7.26. The molecule has 0 radical (unpaired) electrons. The molecule has 122 valence electrons. The van der Waals surface area contributed by atoms with Gasteiger partial charge in [0.2, 0.25) is 0 Å². The Bertz CT molecular complexity index is 1070. The molecule has 4 rings (SSSR count). The van der Waals surface area contributed by atoms with Crippen LogP contribution in [0.1, 0.15) is 10.4 Å². The van der Waals surface area contributed by atoms with Crippen LogP contribution in [0.15, 0.2) is 72.1 Å². The van der Waals surface area contributed by atoms with Gasteiger partial charge < -0.3 is 0 Å². The number of nitrogens with one attached hydrogen (secondary N) is 1. The van der Waals surface area contributed by atoms with E-state index in [0.29, 0.717) is 5.13 Å². The highest BCUT2D eigenvalue weighted by atomic mass is 32.1. The van der Waals surface area contributed by atoms with E-state index in [0.717, 1.165) is 22.0 Å². The van der Waals surface area contributed by atoms with Crippen molar-refractivity contribution < 1.29 is 9.18 Å². The van der Waals surface area contributed by atoms with Gasteiger partial charge in [-0.05, 0) is 29.0 Å². The summed E-state index contributed by atoms with van der Waals surface area (Å²) in [5.41, 5.74) is 1.76. The summed E-state index contributed by atoms with van der Waals surface area (Å²) in [6.07, 6.45) is 0. The Balaban J connectivity index is 1.59. The molecule has 0 fully saturated rings. The van der Waals surface area contributed by atoms with Gasteiger partial charge in [-0.25, -0.2) is 9.37 Å². The Morgan fingerprint density at radius 2 is 1.72 bits per heavy atom. The van der Waals surface area contributed by atoms with Crippen molar-refractivity contribution in [2.45, 2.75) is 0 Å². The van der Waals surface area contributed by atoms with Gasteiger partial charge in [0.15, 0.2) is 5.13 Å². The lowest BCUT2D eigenvalue weighted by Crippen LogP contribution is -2.13. The zero-order valence-corrected chi connectivity index (χ0v) is 13.9. The first-order chi connectivity index (χ1) is 12.2. The van der Waals surface area contributed by atoms with Gasteiger partial charge in [-0.1, -0.05) is 48.5 Å². The summed E-state index contributed by atoms with van der Waals surface area (Å²) < 4.78 is 13.7. The first-order valence-electron chi connectivity index (χ1n) is 7.71. The summed E-state index contributed by atoms with van der Waals surface area (Å²) in [7, 11) is 0. The van der Waals surface area contributed by atoms with E-state index in [1.54, 1.807) is 12.1 Å². The summed E-state index contributed by atoms with van der Waals surface area (Å²) in [6.45, 7) is 0. The fourth-order valence-electron chi connectivity index (χ4n) is 2.62. The summed E-state index contributed by atoms with van der Waals surface area (Å²) in [5.74, 6) is -1.05. The molecule has 0 aliphatic heterocycles. The minimum Gasteiger partial charge on any atom is -0.298 e. The molecular formula is C20H13FN2OS. The van der Waals surface area contributed by atoms with E-state index in [9.17, 15) is 9.18 Å². The van der Waals surface area contributed by atoms with Crippen molar-refractivity contribution in [3.05, 3.63) is 83.5 Å². The average Bonchev–Trinajstić information content (AvgIpc) is 3.10. The molecule has 3 aromatic carbocycles. The molecular weight excluding hydrogens is 335 g/mol. The molecule has 5 heteroatoms. The number of benzene rings is 3. The molecule has 0 saturated heterocycles. The van der Waals surface area contributed by atoms with Gasteiger partial charge in [0.1, 0.15) is 5.82 Å². The molecule has 1 heterocycles. The fourth-order valence-corrected chi connectivity index (χ4v) is 3.34. The predicted octanol–water partition coefficient (Wildman–Crippen LogP) is 5.35. The molecule has 3 nitrogen and oxygen atoms in total. The number of amides is 1. The van der Waals surface area contributed by atoms with Gasteiger partial charge in [0.25, 0.3) is 5.91 Å². The van der Waals surface area contributed by atoms with Crippen LogP contribution in [0.5, 0.6) is 0 Å². The predicted molar refractivity (Wildman–Crippen MR) is 99.4 cm³/mol. The van der Waals surface area contributed by atoms with Gasteiger partial charge in [0.05, 0.1) is 11.3 Å². The largest absolute Gasteiger partial charge is 0.298 e. The Morgan fingerprint density at radius 1 is 0.960 bits per heavy atom. The van der Waals surface area contributed by atoms with E-state index in [4.69, 9.17) is 0 Å². The molecule has 0 saturated carbocycles. The third-order valence-electron chi connectivity index (χ3n) is 3.89. The van der Waals surface area contributed by atoms with Crippen molar-refractivity contribution in [2.24, 2.45) is 0 Å². The topological polar surface area (TPSA) is 42.0 Å². The Kier molecular flexibility index (Phi) is 3.99. The first kappa shape index (κ1) is 15.5. The lowest BCUT2D eigenvalue weighted by Gasteiger charge is -2.03. The number of nitrogens with zero attached hydrogens (tertiary/aromatic N) is 1. The molecule has 1 aromatic heterocycles. The van der Waals surface area contributed by atoms with Crippen LogP contribution in [0.2, 0.25) is 0 Å². The molecule has 25 heavy (non-hydrogen) atoms. The highest BCUT2D eigenvalue weighted by molar-refractivity contribution is 7.14. The summed E-state index contributed by atoms with van der Waals surface area (Å²) in [4.78, 5) is 16.6. The second-order valence-corrected chi connectivity index (χ2v) is 6.39. The minimum atomic E-state index is -0.550. The Morgan fingerprint density at radius 3 is 2.56 bits per heavy atom. The standard InChI is InChI=1S/C20H13FN2OS/c21-17-8-4-3-7-16(17)19(24)23-20-22-18(12-25-20)15-10-9-13-5-1-2-6-14(13)11-15/h1-12H,(H,22,23,24). The number of carbonyl (C=O) groups excluding carboxylic acids is 1. The number of aromatic nitrogens is 1. The van der Waals surface area contributed by atoms with E-state index in [1.165, 1.54) is 23.5 Å². The number of thiazole rings is 1. The van der Waals surface area contributed by atoms with Crippen molar-refractivity contribution in [3.63, 3.8) is 0 Å². The van der Waals surface area contributed by atoms with Crippen molar-refractivity contribution in [2.75, 3.05) is 5.32 Å². The maximum atomic E-state index is 13.7. The third kappa shape index (κ3) is 3.14. The van der Waals surface area contributed by atoms with Crippen molar-refractivity contribution in [1.82, 2.24) is 4.98 Å². The number of carbonyl (C=O) groups is 1. The number of fused-ring (bicyclic) bond motifs is 1. The molecule has 0 spiro atoms. The van der Waals surface area contributed by atoms with Crippen LogP contribution >= 0.6 is 11.3 Å². The molecule has 0 bridgehead atoms. The zero-order chi connectivity index (χ0) is 17.2. The monoisotopic (exact) mass is 348 g/mol. The van der Waals surface area contributed by atoms with E-state index in [2.05, 4.69) is 22.4 Å². The maximum Gasteiger partial charge on any atom is 0.260 e. The number of rotatable bonds is 3. The Labute approximate surface area is 147 Å². The van der Waals surface area contributed by atoms with Crippen LogP contribution in [0, 0.1) is 5.82 Å². The van der Waals surface area contributed by atoms with Crippen LogP contribution in [0.4, 0.5) is 9.52 Å². The van der Waals surface area contributed by atoms with Gasteiger partial charge in [0, 0.05) is 10.9 Å². The number of hydrogen-bond donors (Lipinski definition) is 1. The Hall–Kier alpha value is -3.05. The van der Waals surface area contributed by atoms with E-state index in [-0.39, 0.29) is 5.56 Å².